The highest BCUT2D eigenvalue weighted by atomic mass is 79.9. The van der Waals surface area contributed by atoms with Gasteiger partial charge in [-0.15, -0.1) is 0 Å². The summed E-state index contributed by atoms with van der Waals surface area (Å²) in [6, 6.07) is 15.3. The van der Waals surface area contributed by atoms with Crippen molar-refractivity contribution >= 4 is 21.6 Å². The van der Waals surface area contributed by atoms with Gasteiger partial charge in [0.2, 0.25) is 0 Å². The number of hydrogen-bond donors (Lipinski definition) is 2. The molecule has 19 heavy (non-hydrogen) atoms. The molecule has 0 radical (unpaired) electrons. The van der Waals surface area contributed by atoms with Crippen LogP contribution < -0.4 is 10.1 Å². The van der Waals surface area contributed by atoms with Crippen LogP contribution in [0.3, 0.4) is 0 Å². The zero-order chi connectivity index (χ0) is 13.7. The van der Waals surface area contributed by atoms with Crippen LogP contribution >= 0.6 is 15.9 Å². The molecule has 0 aliphatic rings. The minimum Gasteiger partial charge on any atom is -0.497 e. The Bertz CT molecular complexity index is 531. The van der Waals surface area contributed by atoms with Gasteiger partial charge in [-0.05, 0) is 33.6 Å². The van der Waals surface area contributed by atoms with Crippen LogP contribution in [0.2, 0.25) is 0 Å². The number of ether oxygens (including phenoxy) is 1. The zero-order valence-corrected chi connectivity index (χ0v) is 12.2. The number of halogens is 1. The van der Waals surface area contributed by atoms with E-state index in [0.717, 1.165) is 21.5 Å². The number of rotatable bonds is 5. The average molecular weight is 322 g/mol. The molecule has 0 aromatic heterocycles. The fourth-order valence-electron chi connectivity index (χ4n) is 1.77. The number of nitrogens with one attached hydrogen (secondary N) is 1. The van der Waals surface area contributed by atoms with E-state index in [0.29, 0.717) is 6.54 Å². The fourth-order valence-corrected chi connectivity index (χ4v) is 2.15. The first-order valence-corrected chi connectivity index (χ1v) is 6.80. The quantitative estimate of drug-likeness (QED) is 0.884. The Morgan fingerprint density at radius 2 is 1.95 bits per heavy atom. The van der Waals surface area contributed by atoms with Crippen molar-refractivity contribution in [2.75, 3.05) is 19.0 Å². The van der Waals surface area contributed by atoms with Crippen LogP contribution in [0.25, 0.3) is 0 Å². The van der Waals surface area contributed by atoms with Crippen molar-refractivity contribution in [3.05, 3.63) is 58.6 Å². The third-order valence-electron chi connectivity index (χ3n) is 2.84. The molecule has 2 N–H and O–H groups in total. The molecule has 0 aliphatic heterocycles. The van der Waals surface area contributed by atoms with Crippen molar-refractivity contribution < 1.29 is 9.84 Å². The molecule has 0 spiro atoms. The Kier molecular flexibility index (Phi) is 4.82. The summed E-state index contributed by atoms with van der Waals surface area (Å²) in [6.07, 6.45) is -0.542. The van der Waals surface area contributed by atoms with E-state index in [1.165, 1.54) is 0 Å². The summed E-state index contributed by atoms with van der Waals surface area (Å²) >= 11 is 3.47. The van der Waals surface area contributed by atoms with Crippen LogP contribution in [0, 0.1) is 0 Å². The minimum absolute atomic E-state index is 0.440. The lowest BCUT2D eigenvalue weighted by Gasteiger charge is -2.14. The number of benzene rings is 2. The van der Waals surface area contributed by atoms with Gasteiger partial charge in [0, 0.05) is 17.1 Å². The lowest BCUT2D eigenvalue weighted by atomic mass is 10.1. The number of methoxy groups -OCH3 is 1. The number of hydrogen-bond acceptors (Lipinski definition) is 3. The molecular formula is C15H16BrNO2. The van der Waals surface area contributed by atoms with Crippen molar-refractivity contribution in [2.24, 2.45) is 0 Å². The smallest absolute Gasteiger partial charge is 0.121 e. The lowest BCUT2D eigenvalue weighted by Crippen LogP contribution is -2.12. The van der Waals surface area contributed by atoms with Gasteiger partial charge in [-0.25, -0.2) is 0 Å². The molecule has 2 rings (SSSR count). The summed E-state index contributed by atoms with van der Waals surface area (Å²) in [6.45, 7) is 0.440. The van der Waals surface area contributed by atoms with Crippen LogP contribution in [-0.2, 0) is 0 Å². The van der Waals surface area contributed by atoms with Gasteiger partial charge in [-0.1, -0.05) is 30.3 Å². The Balaban J connectivity index is 2.02. The minimum atomic E-state index is -0.542. The van der Waals surface area contributed by atoms with Crippen LogP contribution in [0.5, 0.6) is 5.75 Å². The summed E-state index contributed by atoms with van der Waals surface area (Å²) < 4.78 is 6.12. The van der Waals surface area contributed by atoms with E-state index in [2.05, 4.69) is 21.2 Å². The standard InChI is InChI=1S/C15H16BrNO2/c1-19-12-7-8-13(16)14(9-12)17-10-15(18)11-5-3-2-4-6-11/h2-9,15,17-18H,10H2,1H3. The maximum Gasteiger partial charge on any atom is 0.121 e. The molecule has 100 valence electrons. The molecular weight excluding hydrogens is 306 g/mol. The van der Waals surface area contributed by atoms with Gasteiger partial charge in [0.05, 0.1) is 18.9 Å². The second-order valence-corrected chi connectivity index (χ2v) is 5.01. The molecule has 2 aromatic rings. The first kappa shape index (κ1) is 13.9. The van der Waals surface area contributed by atoms with Crippen molar-refractivity contribution in [1.82, 2.24) is 0 Å². The second-order valence-electron chi connectivity index (χ2n) is 4.15. The normalized spacial score (nSPS) is 11.9. The first-order valence-electron chi connectivity index (χ1n) is 6.01. The third kappa shape index (κ3) is 3.72. The molecule has 0 heterocycles. The molecule has 0 saturated heterocycles. The van der Waals surface area contributed by atoms with Crippen LogP contribution in [0.4, 0.5) is 5.69 Å². The number of anilines is 1. The van der Waals surface area contributed by atoms with E-state index in [4.69, 9.17) is 4.74 Å². The second kappa shape index (κ2) is 6.59. The molecule has 1 atom stereocenters. The van der Waals surface area contributed by atoms with Crippen molar-refractivity contribution in [3.8, 4) is 5.75 Å². The summed E-state index contributed by atoms with van der Waals surface area (Å²) in [5, 5.41) is 13.3. The molecule has 0 amide bonds. The molecule has 0 aliphatic carbocycles. The largest absolute Gasteiger partial charge is 0.497 e. The van der Waals surface area contributed by atoms with Gasteiger partial charge in [-0.2, -0.15) is 0 Å². The molecule has 1 unspecified atom stereocenters. The van der Waals surface area contributed by atoms with Gasteiger partial charge in [0.1, 0.15) is 5.75 Å². The molecule has 0 fully saturated rings. The lowest BCUT2D eigenvalue weighted by molar-refractivity contribution is 0.191. The molecule has 0 bridgehead atoms. The van der Waals surface area contributed by atoms with Crippen molar-refractivity contribution in [3.63, 3.8) is 0 Å². The average Bonchev–Trinajstić information content (AvgIpc) is 2.47. The highest BCUT2D eigenvalue weighted by molar-refractivity contribution is 9.10. The van der Waals surface area contributed by atoms with Gasteiger partial charge in [-0.3, -0.25) is 0 Å². The van der Waals surface area contributed by atoms with E-state index in [1.54, 1.807) is 7.11 Å². The Morgan fingerprint density at radius 3 is 2.63 bits per heavy atom. The summed E-state index contributed by atoms with van der Waals surface area (Å²) in [5.74, 6) is 0.778. The summed E-state index contributed by atoms with van der Waals surface area (Å²) in [5.41, 5.74) is 1.79. The first-order chi connectivity index (χ1) is 9.20. The van der Waals surface area contributed by atoms with Crippen molar-refractivity contribution in [2.45, 2.75) is 6.10 Å². The maximum atomic E-state index is 10.1. The Morgan fingerprint density at radius 1 is 1.21 bits per heavy atom. The van der Waals surface area contributed by atoms with Crippen LogP contribution in [-0.4, -0.2) is 18.8 Å². The predicted octanol–water partition coefficient (Wildman–Crippen LogP) is 3.60. The maximum absolute atomic E-state index is 10.1. The van der Waals surface area contributed by atoms with Crippen LogP contribution in [0.15, 0.2) is 53.0 Å². The zero-order valence-electron chi connectivity index (χ0n) is 10.6. The van der Waals surface area contributed by atoms with E-state index < -0.39 is 6.10 Å². The highest BCUT2D eigenvalue weighted by Gasteiger charge is 2.08. The predicted molar refractivity (Wildman–Crippen MR) is 80.6 cm³/mol. The van der Waals surface area contributed by atoms with E-state index in [-0.39, 0.29) is 0 Å². The Hall–Kier alpha value is -1.52. The molecule has 4 heteroatoms. The van der Waals surface area contributed by atoms with Crippen LogP contribution in [0.1, 0.15) is 11.7 Å². The number of aliphatic hydroxyl groups is 1. The molecule has 2 aromatic carbocycles. The van der Waals surface area contributed by atoms with Gasteiger partial charge >= 0.3 is 0 Å². The molecule has 3 nitrogen and oxygen atoms in total. The third-order valence-corrected chi connectivity index (χ3v) is 3.54. The van der Waals surface area contributed by atoms with Gasteiger partial charge in [0.15, 0.2) is 0 Å². The van der Waals surface area contributed by atoms with Gasteiger partial charge in [0.25, 0.3) is 0 Å². The topological polar surface area (TPSA) is 41.5 Å². The highest BCUT2D eigenvalue weighted by Crippen LogP contribution is 2.27. The molecule has 0 saturated carbocycles. The van der Waals surface area contributed by atoms with E-state index in [9.17, 15) is 5.11 Å². The van der Waals surface area contributed by atoms with E-state index in [1.807, 2.05) is 48.5 Å². The van der Waals surface area contributed by atoms with Crippen molar-refractivity contribution in [1.29, 1.82) is 0 Å². The number of aliphatic hydroxyl groups excluding tert-OH is 1. The van der Waals surface area contributed by atoms with Gasteiger partial charge < -0.3 is 15.2 Å². The monoisotopic (exact) mass is 321 g/mol. The van der Waals surface area contributed by atoms with E-state index >= 15 is 0 Å². The SMILES string of the molecule is COc1ccc(Br)c(NCC(O)c2ccccc2)c1. The summed E-state index contributed by atoms with van der Waals surface area (Å²) in [7, 11) is 1.63. The fraction of sp³-hybridized carbons (Fsp3) is 0.200. The summed E-state index contributed by atoms with van der Waals surface area (Å²) in [4.78, 5) is 0. The Labute approximate surface area is 121 Å².